The SMILES string of the molecule is COC(=O)[C@H]1C[C@]2(C)[C@@H](C)C(=O)C[C@]2(C)[C@@H]1C. The van der Waals surface area contributed by atoms with Crippen LogP contribution in [0.25, 0.3) is 0 Å². The van der Waals surface area contributed by atoms with E-state index >= 15 is 0 Å². The lowest BCUT2D eigenvalue weighted by Gasteiger charge is -2.38. The van der Waals surface area contributed by atoms with Crippen LogP contribution in [0.2, 0.25) is 0 Å². The summed E-state index contributed by atoms with van der Waals surface area (Å²) in [6.07, 6.45) is 1.39. The molecule has 0 radical (unpaired) electrons. The van der Waals surface area contributed by atoms with Crippen molar-refractivity contribution in [3.05, 3.63) is 0 Å². The fourth-order valence-corrected chi connectivity index (χ4v) is 4.17. The number of ketones is 1. The van der Waals surface area contributed by atoms with Crippen LogP contribution in [-0.2, 0) is 14.3 Å². The summed E-state index contributed by atoms with van der Waals surface area (Å²) in [4.78, 5) is 23.8. The summed E-state index contributed by atoms with van der Waals surface area (Å²) in [5.41, 5.74) is -0.106. The van der Waals surface area contributed by atoms with Crippen LogP contribution in [0.3, 0.4) is 0 Å². The molecule has 0 amide bonds. The van der Waals surface area contributed by atoms with Crippen LogP contribution in [0.5, 0.6) is 0 Å². The molecule has 0 aromatic heterocycles. The highest BCUT2D eigenvalue weighted by Gasteiger charge is 2.66. The third kappa shape index (κ3) is 1.34. The van der Waals surface area contributed by atoms with Gasteiger partial charge in [-0.3, -0.25) is 9.59 Å². The van der Waals surface area contributed by atoms with Crippen molar-refractivity contribution < 1.29 is 14.3 Å². The Hall–Kier alpha value is -0.860. The molecule has 2 saturated carbocycles. The van der Waals surface area contributed by atoms with Gasteiger partial charge >= 0.3 is 5.97 Å². The molecule has 96 valence electrons. The van der Waals surface area contributed by atoms with Crippen LogP contribution >= 0.6 is 0 Å². The Bertz CT molecular complexity index is 374. The molecule has 3 nitrogen and oxygen atoms in total. The van der Waals surface area contributed by atoms with Crippen LogP contribution in [0.1, 0.15) is 40.5 Å². The Morgan fingerprint density at radius 1 is 1.29 bits per heavy atom. The van der Waals surface area contributed by atoms with Gasteiger partial charge in [-0.05, 0) is 23.2 Å². The van der Waals surface area contributed by atoms with Crippen molar-refractivity contribution in [1.82, 2.24) is 0 Å². The molecule has 2 aliphatic rings. The molecule has 0 aromatic rings. The molecule has 2 rings (SSSR count). The fraction of sp³-hybridized carbons (Fsp3) is 0.857. The second-order valence-electron chi connectivity index (χ2n) is 6.32. The lowest BCUT2D eigenvalue weighted by Crippen LogP contribution is -2.34. The first kappa shape index (κ1) is 12.6. The minimum atomic E-state index is -0.117. The standard InChI is InChI=1S/C14H22O3/c1-8-10(12(16)17-5)6-13(3)9(2)11(15)7-14(8,13)4/h8-10H,6-7H2,1-5H3/t8-,9+,10+,13-,14-/m1/s1. The summed E-state index contributed by atoms with van der Waals surface area (Å²) in [6, 6.07) is 0. The summed E-state index contributed by atoms with van der Waals surface area (Å²) in [6.45, 7) is 8.45. The van der Waals surface area contributed by atoms with E-state index in [0.717, 1.165) is 6.42 Å². The molecular formula is C14H22O3. The number of hydrogen-bond donors (Lipinski definition) is 0. The molecule has 0 spiro atoms. The lowest BCUT2D eigenvalue weighted by molar-refractivity contribution is -0.147. The van der Waals surface area contributed by atoms with Crippen molar-refractivity contribution in [3.63, 3.8) is 0 Å². The van der Waals surface area contributed by atoms with Gasteiger partial charge < -0.3 is 4.74 Å². The zero-order chi connectivity index (χ0) is 13.0. The highest BCUT2D eigenvalue weighted by Crippen LogP contribution is 2.67. The van der Waals surface area contributed by atoms with Crippen molar-refractivity contribution in [1.29, 1.82) is 0 Å². The monoisotopic (exact) mass is 238 g/mol. The minimum absolute atomic E-state index is 0.0504. The largest absolute Gasteiger partial charge is 0.469 e. The Kier molecular flexibility index (Phi) is 2.64. The van der Waals surface area contributed by atoms with Crippen molar-refractivity contribution >= 4 is 11.8 Å². The highest BCUT2D eigenvalue weighted by atomic mass is 16.5. The summed E-state index contributed by atoms with van der Waals surface area (Å²) in [5, 5.41) is 0. The van der Waals surface area contributed by atoms with Gasteiger partial charge in [-0.1, -0.05) is 27.7 Å². The van der Waals surface area contributed by atoms with Crippen molar-refractivity contribution in [3.8, 4) is 0 Å². The fourth-order valence-electron chi connectivity index (χ4n) is 4.17. The molecule has 5 atom stereocenters. The second-order valence-corrected chi connectivity index (χ2v) is 6.32. The van der Waals surface area contributed by atoms with Crippen molar-refractivity contribution in [2.45, 2.75) is 40.5 Å². The first-order chi connectivity index (χ1) is 7.78. The van der Waals surface area contributed by atoms with E-state index in [-0.39, 0.29) is 34.6 Å². The second kappa shape index (κ2) is 3.56. The maximum absolute atomic E-state index is 12.0. The van der Waals surface area contributed by atoms with Gasteiger partial charge in [-0.25, -0.2) is 0 Å². The Morgan fingerprint density at radius 2 is 1.88 bits per heavy atom. The predicted octanol–water partition coefficient (Wildman–Crippen LogP) is 2.44. The van der Waals surface area contributed by atoms with Gasteiger partial charge in [0.05, 0.1) is 13.0 Å². The molecular weight excluding hydrogens is 216 g/mol. The molecule has 0 bridgehead atoms. The van der Waals surface area contributed by atoms with Gasteiger partial charge in [0.1, 0.15) is 5.78 Å². The van der Waals surface area contributed by atoms with Gasteiger partial charge in [-0.15, -0.1) is 0 Å². The molecule has 2 fully saturated rings. The summed E-state index contributed by atoms with van der Waals surface area (Å²) in [5.74, 6) is 0.461. The quantitative estimate of drug-likeness (QED) is 0.659. The molecule has 0 heterocycles. The van der Waals surface area contributed by atoms with Crippen LogP contribution in [0.15, 0.2) is 0 Å². The van der Waals surface area contributed by atoms with Gasteiger partial charge in [0.2, 0.25) is 0 Å². The number of fused-ring (bicyclic) bond motifs is 1. The van der Waals surface area contributed by atoms with E-state index < -0.39 is 0 Å². The smallest absolute Gasteiger partial charge is 0.308 e. The van der Waals surface area contributed by atoms with Gasteiger partial charge in [-0.2, -0.15) is 0 Å². The average molecular weight is 238 g/mol. The molecule has 0 N–H and O–H groups in total. The first-order valence-corrected chi connectivity index (χ1v) is 6.38. The molecule has 2 aliphatic carbocycles. The maximum Gasteiger partial charge on any atom is 0.308 e. The van der Waals surface area contributed by atoms with E-state index in [1.54, 1.807) is 0 Å². The Balaban J connectivity index is 2.39. The summed E-state index contributed by atoms with van der Waals surface area (Å²) >= 11 is 0. The normalized spacial score (nSPS) is 49.2. The van der Waals surface area contributed by atoms with Crippen molar-refractivity contribution in [2.75, 3.05) is 7.11 Å². The van der Waals surface area contributed by atoms with E-state index in [2.05, 4.69) is 20.8 Å². The molecule has 0 saturated heterocycles. The molecule has 3 heteroatoms. The molecule has 0 unspecified atom stereocenters. The zero-order valence-electron chi connectivity index (χ0n) is 11.4. The van der Waals surface area contributed by atoms with Gasteiger partial charge in [0, 0.05) is 12.3 Å². The van der Waals surface area contributed by atoms with Gasteiger partial charge in [0.25, 0.3) is 0 Å². The summed E-state index contributed by atoms with van der Waals surface area (Å²) in [7, 11) is 1.45. The van der Waals surface area contributed by atoms with Crippen LogP contribution in [-0.4, -0.2) is 18.9 Å². The predicted molar refractivity (Wildman–Crippen MR) is 64.3 cm³/mol. The number of carbonyl (C=O) groups excluding carboxylic acids is 2. The van der Waals surface area contributed by atoms with E-state index in [9.17, 15) is 9.59 Å². The van der Waals surface area contributed by atoms with E-state index in [0.29, 0.717) is 12.2 Å². The Labute approximate surface area is 103 Å². The molecule has 0 aromatic carbocycles. The number of carbonyl (C=O) groups is 2. The van der Waals surface area contributed by atoms with E-state index in [1.165, 1.54) is 7.11 Å². The van der Waals surface area contributed by atoms with Crippen LogP contribution in [0, 0.1) is 28.6 Å². The molecule has 17 heavy (non-hydrogen) atoms. The third-order valence-corrected chi connectivity index (χ3v) is 6.04. The third-order valence-electron chi connectivity index (χ3n) is 6.04. The van der Waals surface area contributed by atoms with Crippen molar-refractivity contribution in [2.24, 2.45) is 28.6 Å². The van der Waals surface area contributed by atoms with E-state index in [1.807, 2.05) is 6.92 Å². The number of esters is 1. The minimum Gasteiger partial charge on any atom is -0.469 e. The lowest BCUT2D eigenvalue weighted by atomic mass is 9.65. The zero-order valence-corrected chi connectivity index (χ0v) is 11.4. The number of rotatable bonds is 1. The number of hydrogen-bond acceptors (Lipinski definition) is 3. The highest BCUT2D eigenvalue weighted by molar-refractivity contribution is 5.86. The summed E-state index contributed by atoms with van der Waals surface area (Å²) < 4.78 is 4.90. The molecule has 0 aliphatic heterocycles. The maximum atomic E-state index is 12.0. The number of methoxy groups -OCH3 is 1. The van der Waals surface area contributed by atoms with Crippen LogP contribution in [0.4, 0.5) is 0 Å². The average Bonchev–Trinajstić information content (AvgIpc) is 2.59. The van der Waals surface area contributed by atoms with Gasteiger partial charge in [0.15, 0.2) is 0 Å². The Morgan fingerprint density at radius 3 is 2.35 bits per heavy atom. The first-order valence-electron chi connectivity index (χ1n) is 6.38. The number of ether oxygens (including phenoxy) is 1. The number of Topliss-reactive ketones (excluding diaryl/α,β-unsaturated/α-hetero) is 1. The van der Waals surface area contributed by atoms with E-state index in [4.69, 9.17) is 4.74 Å². The topological polar surface area (TPSA) is 43.4 Å². The van der Waals surface area contributed by atoms with Crippen LogP contribution < -0.4 is 0 Å².